The first kappa shape index (κ1) is 16.7. The van der Waals surface area contributed by atoms with Crippen LogP contribution in [-0.2, 0) is 0 Å². The zero-order chi connectivity index (χ0) is 17.6. The van der Waals surface area contributed by atoms with E-state index in [0.717, 1.165) is 22.7 Å². The Morgan fingerprint density at radius 2 is 2.04 bits per heavy atom. The molecular formula is C21H20N2O2. The lowest BCUT2D eigenvalue weighted by molar-refractivity contribution is 0.104. The van der Waals surface area contributed by atoms with E-state index in [2.05, 4.69) is 4.99 Å². The third-order valence-electron chi connectivity index (χ3n) is 3.84. The fourth-order valence-electron chi connectivity index (χ4n) is 2.43. The van der Waals surface area contributed by atoms with Crippen molar-refractivity contribution in [3.8, 4) is 0 Å². The Bertz CT molecular complexity index is 869. The minimum absolute atomic E-state index is 0.00636. The zero-order valence-corrected chi connectivity index (χ0v) is 14.3. The first-order valence-corrected chi connectivity index (χ1v) is 8.08. The summed E-state index contributed by atoms with van der Waals surface area (Å²) in [6.45, 7) is 0.493. The number of nitrogens with zero attached hydrogens (tertiary/aromatic N) is 2. The Morgan fingerprint density at radius 1 is 1.16 bits per heavy atom. The van der Waals surface area contributed by atoms with Gasteiger partial charge in [0.15, 0.2) is 5.78 Å². The maximum atomic E-state index is 12.4. The van der Waals surface area contributed by atoms with Crippen molar-refractivity contribution < 1.29 is 9.21 Å². The number of carbonyl (C=O) groups is 1. The third kappa shape index (κ3) is 4.44. The molecule has 0 atom stereocenters. The Labute approximate surface area is 147 Å². The van der Waals surface area contributed by atoms with Crippen LogP contribution in [0.2, 0.25) is 0 Å². The van der Waals surface area contributed by atoms with Crippen LogP contribution in [-0.4, -0.2) is 32.1 Å². The highest BCUT2D eigenvalue weighted by atomic mass is 16.3. The molecule has 0 N–H and O–H groups in total. The summed E-state index contributed by atoms with van der Waals surface area (Å²) in [5.41, 5.74) is 3.44. The van der Waals surface area contributed by atoms with E-state index >= 15 is 0 Å². The second-order valence-corrected chi connectivity index (χ2v) is 5.95. The van der Waals surface area contributed by atoms with Crippen LogP contribution in [0.4, 0.5) is 5.69 Å². The van der Waals surface area contributed by atoms with Crippen molar-refractivity contribution in [3.63, 3.8) is 0 Å². The highest BCUT2D eigenvalue weighted by Gasteiger charge is 2.07. The standard InChI is InChI=1S/C21H20N2O2/c1-23(2)19-6-3-5-17(14-19)21(24)13-16-8-9-18(22-15-16)10-11-20-7-4-12-25-20/h3-14H,15H2,1-2H3/b11-10+,16-13+. The van der Waals surface area contributed by atoms with Gasteiger partial charge >= 0.3 is 0 Å². The summed E-state index contributed by atoms with van der Waals surface area (Å²) in [6.07, 6.45) is 10.9. The molecule has 0 saturated heterocycles. The number of dihydropyridines is 1. The van der Waals surface area contributed by atoms with E-state index in [-0.39, 0.29) is 5.78 Å². The first-order valence-electron chi connectivity index (χ1n) is 8.08. The summed E-state index contributed by atoms with van der Waals surface area (Å²) >= 11 is 0. The molecule has 2 aromatic rings. The van der Waals surface area contributed by atoms with Gasteiger partial charge in [0.1, 0.15) is 5.76 Å². The Kier molecular flexibility index (Phi) is 5.09. The average Bonchev–Trinajstić information content (AvgIpc) is 3.15. The number of ketones is 1. The van der Waals surface area contributed by atoms with Crippen molar-refractivity contribution in [1.82, 2.24) is 0 Å². The summed E-state index contributed by atoms with van der Waals surface area (Å²) < 4.78 is 5.25. The molecule has 1 aliphatic heterocycles. The highest BCUT2D eigenvalue weighted by molar-refractivity contribution is 6.09. The summed E-state index contributed by atoms with van der Waals surface area (Å²) in [7, 11) is 3.91. The van der Waals surface area contributed by atoms with Gasteiger partial charge in [-0.15, -0.1) is 0 Å². The number of hydrogen-bond donors (Lipinski definition) is 0. The molecular weight excluding hydrogens is 312 g/mol. The molecule has 4 nitrogen and oxygen atoms in total. The second-order valence-electron chi connectivity index (χ2n) is 5.95. The highest BCUT2D eigenvalue weighted by Crippen LogP contribution is 2.16. The predicted octanol–water partition coefficient (Wildman–Crippen LogP) is 4.18. The van der Waals surface area contributed by atoms with Gasteiger partial charge in [-0.25, -0.2) is 0 Å². The van der Waals surface area contributed by atoms with Crippen LogP contribution in [0, 0.1) is 0 Å². The fraction of sp³-hybridized carbons (Fsp3) is 0.143. The Balaban J connectivity index is 1.67. The van der Waals surface area contributed by atoms with Crippen molar-refractivity contribution in [1.29, 1.82) is 0 Å². The second kappa shape index (κ2) is 7.62. The minimum Gasteiger partial charge on any atom is -0.465 e. The SMILES string of the molecule is CN(C)c1cccc(C(=O)/C=C2\C=CC(/C=C/c3ccco3)=NC2)c1. The van der Waals surface area contributed by atoms with Crippen molar-refractivity contribution >= 4 is 23.3 Å². The quantitative estimate of drug-likeness (QED) is 0.609. The van der Waals surface area contributed by atoms with Gasteiger partial charge in [-0.2, -0.15) is 0 Å². The molecule has 0 radical (unpaired) electrons. The molecule has 126 valence electrons. The maximum absolute atomic E-state index is 12.4. The lowest BCUT2D eigenvalue weighted by Crippen LogP contribution is -2.09. The van der Waals surface area contributed by atoms with Crippen molar-refractivity contribution in [2.24, 2.45) is 4.99 Å². The number of furan rings is 1. The van der Waals surface area contributed by atoms with E-state index in [9.17, 15) is 4.79 Å². The van der Waals surface area contributed by atoms with Crippen LogP contribution in [0.15, 0.2) is 81.9 Å². The van der Waals surface area contributed by atoms with Crippen LogP contribution >= 0.6 is 0 Å². The summed E-state index contributed by atoms with van der Waals surface area (Å²) in [5.74, 6) is 0.779. The monoisotopic (exact) mass is 332 g/mol. The normalized spacial score (nSPS) is 15.6. The summed E-state index contributed by atoms with van der Waals surface area (Å²) in [4.78, 5) is 18.9. The third-order valence-corrected chi connectivity index (χ3v) is 3.84. The van der Waals surface area contributed by atoms with E-state index in [1.807, 2.05) is 79.7 Å². The number of hydrogen-bond acceptors (Lipinski definition) is 4. The zero-order valence-electron chi connectivity index (χ0n) is 14.3. The van der Waals surface area contributed by atoms with Gasteiger partial charge in [0.05, 0.1) is 18.5 Å². The van der Waals surface area contributed by atoms with Crippen LogP contribution in [0.5, 0.6) is 0 Å². The summed E-state index contributed by atoms with van der Waals surface area (Å²) in [5, 5.41) is 0. The number of carbonyl (C=O) groups excluding carboxylic acids is 1. The van der Waals surface area contributed by atoms with E-state index < -0.39 is 0 Å². The van der Waals surface area contributed by atoms with Crippen LogP contribution in [0.25, 0.3) is 6.08 Å². The largest absolute Gasteiger partial charge is 0.465 e. The molecule has 1 aromatic heterocycles. The lowest BCUT2D eigenvalue weighted by atomic mass is 10.0. The number of anilines is 1. The lowest BCUT2D eigenvalue weighted by Gasteiger charge is -2.13. The van der Waals surface area contributed by atoms with Gasteiger partial charge in [-0.05, 0) is 54.1 Å². The molecule has 0 fully saturated rings. The predicted molar refractivity (Wildman–Crippen MR) is 102 cm³/mol. The van der Waals surface area contributed by atoms with Crippen LogP contribution in [0.1, 0.15) is 16.1 Å². The van der Waals surface area contributed by atoms with E-state index in [1.165, 1.54) is 0 Å². The molecule has 25 heavy (non-hydrogen) atoms. The minimum atomic E-state index is -0.00636. The van der Waals surface area contributed by atoms with E-state index in [0.29, 0.717) is 12.1 Å². The van der Waals surface area contributed by atoms with Crippen LogP contribution in [0.3, 0.4) is 0 Å². The molecule has 1 aliphatic rings. The number of allylic oxidation sites excluding steroid dienone is 3. The molecule has 0 aliphatic carbocycles. The number of aliphatic imine (C=N–C) groups is 1. The van der Waals surface area contributed by atoms with Gasteiger partial charge < -0.3 is 9.32 Å². The van der Waals surface area contributed by atoms with E-state index in [4.69, 9.17) is 4.42 Å². The topological polar surface area (TPSA) is 45.8 Å². The molecule has 4 heteroatoms. The van der Waals surface area contributed by atoms with Gasteiger partial charge in [0, 0.05) is 25.3 Å². The Morgan fingerprint density at radius 3 is 2.72 bits per heavy atom. The molecule has 2 heterocycles. The Hall–Kier alpha value is -3.14. The average molecular weight is 332 g/mol. The number of benzene rings is 1. The van der Waals surface area contributed by atoms with E-state index in [1.54, 1.807) is 12.3 Å². The molecule has 0 spiro atoms. The molecule has 1 aromatic carbocycles. The summed E-state index contributed by atoms with van der Waals surface area (Å²) in [6, 6.07) is 11.3. The van der Waals surface area contributed by atoms with Gasteiger partial charge in [-0.3, -0.25) is 9.79 Å². The smallest absolute Gasteiger partial charge is 0.186 e. The molecule has 0 bridgehead atoms. The molecule has 0 unspecified atom stereocenters. The maximum Gasteiger partial charge on any atom is 0.186 e. The number of rotatable bonds is 5. The van der Waals surface area contributed by atoms with Gasteiger partial charge in [-0.1, -0.05) is 18.2 Å². The fourth-order valence-corrected chi connectivity index (χ4v) is 2.43. The van der Waals surface area contributed by atoms with Crippen molar-refractivity contribution in [3.05, 3.63) is 83.9 Å². The first-order chi connectivity index (χ1) is 12.1. The van der Waals surface area contributed by atoms with Gasteiger partial charge in [0.2, 0.25) is 0 Å². The van der Waals surface area contributed by atoms with Crippen molar-refractivity contribution in [2.75, 3.05) is 25.5 Å². The molecule has 0 amide bonds. The van der Waals surface area contributed by atoms with Crippen LogP contribution < -0.4 is 4.90 Å². The van der Waals surface area contributed by atoms with Crippen molar-refractivity contribution in [2.45, 2.75) is 0 Å². The molecule has 0 saturated carbocycles. The van der Waals surface area contributed by atoms with Gasteiger partial charge in [0.25, 0.3) is 0 Å². The molecule has 3 rings (SSSR count).